The first-order chi connectivity index (χ1) is 9.32. The van der Waals surface area contributed by atoms with Gasteiger partial charge in [-0.3, -0.25) is 0 Å². The van der Waals surface area contributed by atoms with Gasteiger partial charge in [0.2, 0.25) is 0 Å². The normalized spacial score (nSPS) is 19.9. The van der Waals surface area contributed by atoms with Gasteiger partial charge >= 0.3 is 6.03 Å². The van der Waals surface area contributed by atoms with Gasteiger partial charge in [0.25, 0.3) is 0 Å². The van der Waals surface area contributed by atoms with Gasteiger partial charge in [0.05, 0.1) is 6.04 Å². The molecule has 1 atom stereocenters. The van der Waals surface area contributed by atoms with Crippen molar-refractivity contribution in [1.82, 2.24) is 9.80 Å². The van der Waals surface area contributed by atoms with Gasteiger partial charge in [0, 0.05) is 20.1 Å². The summed E-state index contributed by atoms with van der Waals surface area (Å²) in [6, 6.07) is 9.30. The summed E-state index contributed by atoms with van der Waals surface area (Å²) in [7, 11) is 1.88. The van der Waals surface area contributed by atoms with Gasteiger partial charge in [-0.05, 0) is 29.9 Å². The highest BCUT2D eigenvalue weighted by Crippen LogP contribution is 2.24. The van der Waals surface area contributed by atoms with Crippen molar-refractivity contribution in [3.63, 3.8) is 0 Å². The highest BCUT2D eigenvalue weighted by Gasteiger charge is 2.33. The Labute approximate surface area is 122 Å². The van der Waals surface area contributed by atoms with Crippen molar-refractivity contribution in [1.29, 1.82) is 0 Å². The lowest BCUT2D eigenvalue weighted by Crippen LogP contribution is -2.35. The predicted octanol–water partition coefficient (Wildman–Crippen LogP) is 3.28. The summed E-state index contributed by atoms with van der Waals surface area (Å²) in [6.07, 6.45) is 0.939. The molecule has 1 aliphatic heterocycles. The average molecular weight is 274 g/mol. The standard InChI is InChI=1S/C17H26N2O/c1-6-19-15(12-18(5)16(19)20)11-13-7-9-14(10-8-13)17(2,3)4/h7-10,15H,6,11-12H2,1-5H3. The second kappa shape index (κ2) is 5.47. The summed E-state index contributed by atoms with van der Waals surface area (Å²) in [6.45, 7) is 10.3. The maximum atomic E-state index is 12.0. The number of likely N-dealkylation sites (N-methyl/N-ethyl adjacent to an activating group) is 2. The zero-order valence-electron chi connectivity index (χ0n) is 13.3. The largest absolute Gasteiger partial charge is 0.326 e. The van der Waals surface area contributed by atoms with Crippen molar-refractivity contribution in [2.75, 3.05) is 20.1 Å². The van der Waals surface area contributed by atoms with Gasteiger partial charge in [-0.1, -0.05) is 45.0 Å². The van der Waals surface area contributed by atoms with E-state index in [1.807, 2.05) is 23.8 Å². The maximum Gasteiger partial charge on any atom is 0.320 e. The van der Waals surface area contributed by atoms with Crippen molar-refractivity contribution in [2.45, 2.75) is 45.6 Å². The summed E-state index contributed by atoms with van der Waals surface area (Å²) in [5, 5.41) is 0. The molecular weight excluding hydrogens is 248 g/mol. The van der Waals surface area contributed by atoms with Gasteiger partial charge in [-0.2, -0.15) is 0 Å². The van der Waals surface area contributed by atoms with E-state index in [1.54, 1.807) is 0 Å². The monoisotopic (exact) mass is 274 g/mol. The molecule has 0 saturated carbocycles. The number of amides is 2. The van der Waals surface area contributed by atoms with E-state index < -0.39 is 0 Å². The van der Waals surface area contributed by atoms with Gasteiger partial charge in [-0.15, -0.1) is 0 Å². The second-order valence-corrected chi connectivity index (χ2v) is 6.75. The lowest BCUT2D eigenvalue weighted by molar-refractivity contribution is 0.193. The number of urea groups is 1. The summed E-state index contributed by atoms with van der Waals surface area (Å²) < 4.78 is 0. The van der Waals surface area contributed by atoms with Crippen LogP contribution in [0.1, 0.15) is 38.8 Å². The number of hydrogen-bond donors (Lipinski definition) is 0. The molecule has 3 nitrogen and oxygen atoms in total. The molecule has 3 heteroatoms. The van der Waals surface area contributed by atoms with E-state index in [0.29, 0.717) is 6.04 Å². The van der Waals surface area contributed by atoms with Crippen LogP contribution in [-0.2, 0) is 11.8 Å². The molecule has 2 amide bonds. The van der Waals surface area contributed by atoms with Crippen molar-refractivity contribution in [3.8, 4) is 0 Å². The van der Waals surface area contributed by atoms with E-state index in [1.165, 1.54) is 11.1 Å². The Hall–Kier alpha value is -1.51. The molecule has 1 saturated heterocycles. The fraction of sp³-hybridized carbons (Fsp3) is 0.588. The summed E-state index contributed by atoms with van der Waals surface area (Å²) in [4.78, 5) is 15.8. The summed E-state index contributed by atoms with van der Waals surface area (Å²) >= 11 is 0. The molecule has 0 N–H and O–H groups in total. The van der Waals surface area contributed by atoms with Crippen LogP contribution in [0.5, 0.6) is 0 Å². The van der Waals surface area contributed by atoms with E-state index in [2.05, 4.69) is 45.0 Å². The topological polar surface area (TPSA) is 23.6 Å². The lowest BCUT2D eigenvalue weighted by atomic mass is 9.86. The first-order valence-corrected chi connectivity index (χ1v) is 7.44. The smallest absolute Gasteiger partial charge is 0.320 e. The molecule has 20 heavy (non-hydrogen) atoms. The fourth-order valence-electron chi connectivity index (χ4n) is 2.85. The van der Waals surface area contributed by atoms with Gasteiger partial charge in [-0.25, -0.2) is 4.79 Å². The van der Waals surface area contributed by atoms with Crippen LogP contribution in [0.4, 0.5) is 4.79 Å². The quantitative estimate of drug-likeness (QED) is 0.829. The zero-order valence-corrected chi connectivity index (χ0v) is 13.3. The highest BCUT2D eigenvalue weighted by atomic mass is 16.2. The summed E-state index contributed by atoms with van der Waals surface area (Å²) in [5.74, 6) is 0. The Morgan fingerprint density at radius 1 is 1.20 bits per heavy atom. The molecule has 0 radical (unpaired) electrons. The fourth-order valence-corrected chi connectivity index (χ4v) is 2.85. The van der Waals surface area contributed by atoms with Gasteiger partial charge in [0.1, 0.15) is 0 Å². The minimum Gasteiger partial charge on any atom is -0.326 e. The van der Waals surface area contributed by atoms with Crippen molar-refractivity contribution in [3.05, 3.63) is 35.4 Å². The average Bonchev–Trinajstić information content (AvgIpc) is 2.64. The molecule has 1 aromatic carbocycles. The highest BCUT2D eigenvalue weighted by molar-refractivity contribution is 5.76. The number of hydrogen-bond acceptors (Lipinski definition) is 1. The molecular formula is C17H26N2O. The predicted molar refractivity (Wildman–Crippen MR) is 83.0 cm³/mol. The number of carbonyl (C=O) groups excluding carboxylic acids is 1. The molecule has 1 fully saturated rings. The molecule has 1 unspecified atom stereocenters. The Balaban J connectivity index is 2.09. The minimum atomic E-state index is 0.156. The number of nitrogens with zero attached hydrogens (tertiary/aromatic N) is 2. The van der Waals surface area contributed by atoms with Crippen LogP contribution in [-0.4, -0.2) is 42.0 Å². The number of rotatable bonds is 3. The second-order valence-electron chi connectivity index (χ2n) is 6.75. The Morgan fingerprint density at radius 3 is 2.30 bits per heavy atom. The van der Waals surface area contributed by atoms with Crippen LogP contribution < -0.4 is 0 Å². The third-order valence-corrected chi connectivity index (χ3v) is 4.13. The molecule has 2 rings (SSSR count). The molecule has 1 aliphatic rings. The number of benzene rings is 1. The molecule has 1 heterocycles. The van der Waals surface area contributed by atoms with Gasteiger partial charge < -0.3 is 9.80 Å². The van der Waals surface area contributed by atoms with E-state index in [9.17, 15) is 4.79 Å². The summed E-state index contributed by atoms with van der Waals surface area (Å²) in [5.41, 5.74) is 2.86. The maximum absolute atomic E-state index is 12.0. The Kier molecular flexibility index (Phi) is 4.07. The molecule has 110 valence electrons. The van der Waals surface area contributed by atoms with E-state index in [-0.39, 0.29) is 11.4 Å². The zero-order chi connectivity index (χ0) is 14.9. The molecule has 0 aromatic heterocycles. The Bertz CT molecular complexity index is 473. The van der Waals surface area contributed by atoms with Crippen molar-refractivity contribution < 1.29 is 4.79 Å². The number of carbonyl (C=O) groups is 1. The van der Waals surface area contributed by atoms with Crippen LogP contribution >= 0.6 is 0 Å². The van der Waals surface area contributed by atoms with E-state index >= 15 is 0 Å². The van der Waals surface area contributed by atoms with Crippen LogP contribution in [0, 0.1) is 0 Å². The van der Waals surface area contributed by atoms with Crippen LogP contribution in [0.25, 0.3) is 0 Å². The molecule has 0 bridgehead atoms. The van der Waals surface area contributed by atoms with Crippen LogP contribution in [0.15, 0.2) is 24.3 Å². The minimum absolute atomic E-state index is 0.156. The van der Waals surface area contributed by atoms with E-state index in [4.69, 9.17) is 0 Å². The van der Waals surface area contributed by atoms with E-state index in [0.717, 1.165) is 19.5 Å². The third kappa shape index (κ3) is 2.97. The van der Waals surface area contributed by atoms with Crippen LogP contribution in [0.3, 0.4) is 0 Å². The van der Waals surface area contributed by atoms with Crippen molar-refractivity contribution in [2.24, 2.45) is 0 Å². The van der Waals surface area contributed by atoms with Crippen molar-refractivity contribution >= 4 is 6.03 Å². The molecule has 0 spiro atoms. The molecule has 1 aromatic rings. The molecule has 0 aliphatic carbocycles. The first-order valence-electron chi connectivity index (χ1n) is 7.44. The van der Waals surface area contributed by atoms with Gasteiger partial charge in [0.15, 0.2) is 0 Å². The SMILES string of the molecule is CCN1C(=O)N(C)CC1Cc1ccc(C(C)(C)C)cc1. The van der Waals surface area contributed by atoms with Crippen LogP contribution in [0.2, 0.25) is 0 Å². The Morgan fingerprint density at radius 2 is 1.80 bits per heavy atom. The lowest BCUT2D eigenvalue weighted by Gasteiger charge is -2.22. The third-order valence-electron chi connectivity index (χ3n) is 4.13. The first kappa shape index (κ1) is 14.9.